The lowest BCUT2D eigenvalue weighted by atomic mass is 9.89. The Labute approximate surface area is 254 Å². The number of phenols is 1. The quantitative estimate of drug-likeness (QED) is 0.216. The van der Waals surface area contributed by atoms with Crippen molar-refractivity contribution in [2.45, 2.75) is 48.8 Å². The Balaban J connectivity index is 1.32. The van der Waals surface area contributed by atoms with E-state index in [2.05, 4.69) is 31.0 Å². The van der Waals surface area contributed by atoms with Crippen LogP contribution in [0.1, 0.15) is 49.2 Å². The van der Waals surface area contributed by atoms with Crippen LogP contribution >= 0.6 is 11.8 Å². The molecule has 0 radical (unpaired) electrons. The summed E-state index contributed by atoms with van der Waals surface area (Å²) in [5.41, 5.74) is 11.8. The first-order valence-corrected chi connectivity index (χ1v) is 14.8. The highest BCUT2D eigenvalue weighted by atomic mass is 32.2. The molecular weight excluding hydrogens is 556 g/mol. The number of nitrogens with zero attached hydrogens (tertiary/aromatic N) is 5. The second-order valence-electron chi connectivity index (χ2n) is 11.6. The van der Waals surface area contributed by atoms with Crippen LogP contribution in [0.15, 0.2) is 107 Å². The van der Waals surface area contributed by atoms with Crippen molar-refractivity contribution in [1.29, 1.82) is 0 Å². The highest BCUT2D eigenvalue weighted by molar-refractivity contribution is 7.99. The Morgan fingerprint density at radius 3 is 2.30 bits per heavy atom. The Bertz CT molecular complexity index is 1940. The van der Waals surface area contributed by atoms with Gasteiger partial charge in [0.05, 0.1) is 17.1 Å². The Hall–Kier alpha value is -4.89. The maximum absolute atomic E-state index is 13.0. The standard InChI is InChI=1S/C34H32N6O2S/c1-21-8-12-24(13-9-21)40-28(19-29(38-40)34(2,3)4)31(32(35)42)22-10-14-26(15-11-22)43-27-16-17-30-36-37-33(39(30)20-27)23-6-5-7-25(41)18-23/h5-20,31,41H,1-4H3,(H2,35,42). The molecule has 216 valence electrons. The lowest BCUT2D eigenvalue weighted by molar-refractivity contribution is -0.118. The summed E-state index contributed by atoms with van der Waals surface area (Å²) in [5, 5.41) is 23.4. The molecular formula is C34H32N6O2S. The van der Waals surface area contributed by atoms with Crippen molar-refractivity contribution in [2.24, 2.45) is 5.73 Å². The van der Waals surface area contributed by atoms with E-state index in [0.29, 0.717) is 11.5 Å². The highest BCUT2D eigenvalue weighted by Gasteiger charge is 2.29. The summed E-state index contributed by atoms with van der Waals surface area (Å²) in [7, 11) is 0. The van der Waals surface area contributed by atoms with Crippen LogP contribution in [0.3, 0.4) is 0 Å². The average molecular weight is 589 g/mol. The van der Waals surface area contributed by atoms with E-state index in [9.17, 15) is 9.90 Å². The molecule has 6 rings (SSSR count). The monoisotopic (exact) mass is 588 g/mol. The number of hydrogen-bond acceptors (Lipinski definition) is 6. The molecule has 8 nitrogen and oxygen atoms in total. The fourth-order valence-corrected chi connectivity index (χ4v) is 5.82. The van der Waals surface area contributed by atoms with Gasteiger partial charge in [0.2, 0.25) is 5.91 Å². The number of carbonyl (C=O) groups is 1. The average Bonchev–Trinajstić information content (AvgIpc) is 3.59. The molecule has 0 aliphatic heterocycles. The smallest absolute Gasteiger partial charge is 0.231 e. The molecule has 1 unspecified atom stereocenters. The molecule has 1 atom stereocenters. The van der Waals surface area contributed by atoms with Gasteiger partial charge in [0.15, 0.2) is 11.5 Å². The van der Waals surface area contributed by atoms with Crippen LogP contribution in [0, 0.1) is 6.92 Å². The number of aromatic hydroxyl groups is 1. The van der Waals surface area contributed by atoms with Gasteiger partial charge in [-0.3, -0.25) is 9.20 Å². The van der Waals surface area contributed by atoms with Crippen molar-refractivity contribution in [2.75, 3.05) is 0 Å². The number of fused-ring (bicyclic) bond motifs is 1. The molecule has 0 saturated carbocycles. The summed E-state index contributed by atoms with van der Waals surface area (Å²) in [5.74, 6) is -0.299. The highest BCUT2D eigenvalue weighted by Crippen LogP contribution is 2.34. The minimum atomic E-state index is -0.679. The number of pyridine rings is 1. The second kappa shape index (κ2) is 11.1. The van der Waals surface area contributed by atoms with Crippen molar-refractivity contribution < 1.29 is 9.90 Å². The zero-order chi connectivity index (χ0) is 30.3. The molecule has 3 aromatic carbocycles. The molecule has 1 amide bonds. The van der Waals surface area contributed by atoms with Crippen molar-refractivity contribution in [3.63, 3.8) is 0 Å². The molecule has 0 aliphatic carbocycles. The topological polar surface area (TPSA) is 111 Å². The maximum atomic E-state index is 13.0. The fraction of sp³-hybridized carbons (Fsp3) is 0.176. The first kappa shape index (κ1) is 28.2. The van der Waals surface area contributed by atoms with Crippen LogP contribution in [0.2, 0.25) is 0 Å². The molecule has 0 aliphatic rings. The zero-order valence-electron chi connectivity index (χ0n) is 24.4. The van der Waals surface area contributed by atoms with Gasteiger partial charge in [0.1, 0.15) is 11.7 Å². The number of primary amides is 1. The van der Waals surface area contributed by atoms with Gasteiger partial charge in [-0.05, 0) is 67.1 Å². The first-order valence-electron chi connectivity index (χ1n) is 14.0. The molecule has 0 fully saturated rings. The van der Waals surface area contributed by atoms with Crippen molar-refractivity contribution in [3.05, 3.63) is 120 Å². The van der Waals surface area contributed by atoms with Gasteiger partial charge in [0.25, 0.3) is 0 Å². The van der Waals surface area contributed by atoms with Gasteiger partial charge in [-0.2, -0.15) is 5.10 Å². The number of aryl methyl sites for hydroxylation is 1. The summed E-state index contributed by atoms with van der Waals surface area (Å²) in [6, 6.07) is 28.9. The van der Waals surface area contributed by atoms with Gasteiger partial charge >= 0.3 is 0 Å². The molecule has 0 saturated heterocycles. The summed E-state index contributed by atoms with van der Waals surface area (Å²) >= 11 is 1.59. The minimum Gasteiger partial charge on any atom is -0.508 e. The zero-order valence-corrected chi connectivity index (χ0v) is 25.2. The van der Waals surface area contributed by atoms with E-state index in [0.717, 1.165) is 43.6 Å². The summed E-state index contributed by atoms with van der Waals surface area (Å²) in [6.45, 7) is 8.35. The molecule has 43 heavy (non-hydrogen) atoms. The molecule has 3 aromatic heterocycles. The van der Waals surface area contributed by atoms with E-state index in [-0.39, 0.29) is 11.2 Å². The molecule has 0 bridgehead atoms. The number of amides is 1. The first-order chi connectivity index (χ1) is 20.6. The molecule has 3 N–H and O–H groups in total. The van der Waals surface area contributed by atoms with E-state index in [1.165, 1.54) is 0 Å². The van der Waals surface area contributed by atoms with Crippen LogP contribution in [0.25, 0.3) is 22.7 Å². The third kappa shape index (κ3) is 5.76. The van der Waals surface area contributed by atoms with Gasteiger partial charge < -0.3 is 10.8 Å². The van der Waals surface area contributed by atoms with Crippen molar-refractivity contribution in [3.8, 4) is 22.8 Å². The van der Waals surface area contributed by atoms with Crippen molar-refractivity contribution in [1.82, 2.24) is 24.4 Å². The molecule has 0 spiro atoms. The van der Waals surface area contributed by atoms with E-state index < -0.39 is 11.8 Å². The third-order valence-electron chi connectivity index (χ3n) is 7.29. The SMILES string of the molecule is Cc1ccc(-n2nc(C(C)(C)C)cc2C(C(N)=O)c2ccc(Sc3ccc4nnc(-c5cccc(O)c5)n4c3)cc2)cc1. The number of hydrogen-bond donors (Lipinski definition) is 2. The number of phenolic OH excluding ortho intramolecular Hbond substituents is 1. The Morgan fingerprint density at radius 2 is 1.63 bits per heavy atom. The van der Waals surface area contributed by atoms with Gasteiger partial charge in [-0.25, -0.2) is 4.68 Å². The van der Waals surface area contributed by atoms with Crippen LogP contribution < -0.4 is 5.73 Å². The lowest BCUT2D eigenvalue weighted by Crippen LogP contribution is -2.24. The van der Waals surface area contributed by atoms with Gasteiger partial charge in [-0.15, -0.1) is 10.2 Å². The second-order valence-corrected chi connectivity index (χ2v) is 12.8. The maximum Gasteiger partial charge on any atom is 0.231 e. The summed E-state index contributed by atoms with van der Waals surface area (Å²) in [6.07, 6.45) is 1.98. The van der Waals surface area contributed by atoms with E-state index in [4.69, 9.17) is 10.8 Å². The number of benzene rings is 3. The third-order valence-corrected chi connectivity index (χ3v) is 8.28. The Kier molecular flexibility index (Phi) is 7.27. The number of aromatic nitrogens is 5. The Morgan fingerprint density at radius 1 is 0.907 bits per heavy atom. The summed E-state index contributed by atoms with van der Waals surface area (Å²) in [4.78, 5) is 15.0. The lowest BCUT2D eigenvalue weighted by Gasteiger charge is -2.17. The fourth-order valence-electron chi connectivity index (χ4n) is 4.98. The minimum absolute atomic E-state index is 0.172. The predicted molar refractivity (Wildman–Crippen MR) is 169 cm³/mol. The molecule has 3 heterocycles. The van der Waals surface area contributed by atoms with E-state index >= 15 is 0 Å². The van der Waals surface area contributed by atoms with E-state index in [1.807, 2.05) is 95.0 Å². The van der Waals surface area contributed by atoms with Crippen LogP contribution in [-0.2, 0) is 10.2 Å². The van der Waals surface area contributed by atoms with Gasteiger partial charge in [0, 0.05) is 27.0 Å². The van der Waals surface area contributed by atoms with Crippen LogP contribution in [-0.4, -0.2) is 35.4 Å². The number of rotatable bonds is 7. The predicted octanol–water partition coefficient (Wildman–Crippen LogP) is 6.66. The van der Waals surface area contributed by atoms with Gasteiger partial charge in [-0.1, -0.05) is 74.5 Å². The summed E-state index contributed by atoms with van der Waals surface area (Å²) < 4.78 is 3.75. The van der Waals surface area contributed by atoms with Crippen LogP contribution in [0.4, 0.5) is 0 Å². The largest absolute Gasteiger partial charge is 0.508 e. The number of carbonyl (C=O) groups excluding carboxylic acids is 1. The molecule has 9 heteroatoms. The van der Waals surface area contributed by atoms with Crippen LogP contribution in [0.5, 0.6) is 5.75 Å². The van der Waals surface area contributed by atoms with Crippen molar-refractivity contribution >= 4 is 23.3 Å². The van der Waals surface area contributed by atoms with E-state index in [1.54, 1.807) is 30.0 Å². The molecule has 6 aromatic rings. The number of nitrogens with two attached hydrogens (primary N) is 1. The normalized spacial score (nSPS) is 12.5.